The van der Waals surface area contributed by atoms with Gasteiger partial charge in [0.15, 0.2) is 0 Å². The molecule has 5 heterocycles. The van der Waals surface area contributed by atoms with Gasteiger partial charge in [-0.05, 0) is 42.8 Å². The highest BCUT2D eigenvalue weighted by atomic mass is 32.2. The molecule has 2 aromatic heterocycles. The van der Waals surface area contributed by atoms with Gasteiger partial charge >= 0.3 is 0 Å². The summed E-state index contributed by atoms with van der Waals surface area (Å²) in [5.74, 6) is -2.76. The molecule has 1 amide bonds. The number of ether oxygens (including phenoxy) is 1. The van der Waals surface area contributed by atoms with Gasteiger partial charge < -0.3 is 19.5 Å². The van der Waals surface area contributed by atoms with Crippen molar-refractivity contribution in [1.29, 1.82) is 0 Å². The third-order valence-corrected chi connectivity index (χ3v) is 8.67. The lowest BCUT2D eigenvalue weighted by Gasteiger charge is -2.41. The van der Waals surface area contributed by atoms with Crippen molar-refractivity contribution >= 4 is 33.6 Å². The molecule has 2 atom stereocenters. The van der Waals surface area contributed by atoms with Gasteiger partial charge in [-0.1, -0.05) is 0 Å². The van der Waals surface area contributed by atoms with Gasteiger partial charge in [0.05, 0.1) is 41.4 Å². The van der Waals surface area contributed by atoms with E-state index >= 15 is 0 Å². The predicted octanol–water partition coefficient (Wildman–Crippen LogP) is 3.03. The number of pyridine rings is 1. The van der Waals surface area contributed by atoms with Gasteiger partial charge in [-0.3, -0.25) is 9.78 Å². The summed E-state index contributed by atoms with van der Waals surface area (Å²) in [5.41, 5.74) is 3.65. The van der Waals surface area contributed by atoms with Gasteiger partial charge in [0.1, 0.15) is 17.0 Å². The number of anilines is 1. The number of hydrogen-bond acceptors (Lipinski definition) is 5. The number of alkyl halides is 2. The molecule has 0 bridgehead atoms. The summed E-state index contributed by atoms with van der Waals surface area (Å²) in [6.45, 7) is 2.56. The molecule has 190 valence electrons. The van der Waals surface area contributed by atoms with E-state index in [0.29, 0.717) is 55.4 Å². The zero-order valence-corrected chi connectivity index (χ0v) is 20.5. The van der Waals surface area contributed by atoms with Crippen molar-refractivity contribution in [3.05, 3.63) is 42.6 Å². The van der Waals surface area contributed by atoms with Crippen LogP contribution in [0.1, 0.15) is 12.8 Å². The quantitative estimate of drug-likeness (QED) is 0.565. The van der Waals surface area contributed by atoms with Gasteiger partial charge in [0.25, 0.3) is 5.92 Å². The van der Waals surface area contributed by atoms with Crippen molar-refractivity contribution in [3.8, 4) is 11.3 Å². The molecule has 8 nitrogen and oxygen atoms in total. The molecular formula is C25H27F2N5O3S. The molecule has 1 N–H and O–H groups in total. The normalized spacial score (nSPS) is 23.1. The number of nitrogens with one attached hydrogen (secondary N) is 1. The van der Waals surface area contributed by atoms with Crippen LogP contribution >= 0.6 is 0 Å². The Morgan fingerprint density at radius 2 is 1.97 bits per heavy atom. The number of aromatic amines is 1. The minimum atomic E-state index is -2.74. The third-order valence-electron chi connectivity index (χ3n) is 7.15. The Morgan fingerprint density at radius 3 is 2.67 bits per heavy atom. The van der Waals surface area contributed by atoms with Gasteiger partial charge in [-0.2, -0.15) is 0 Å². The van der Waals surface area contributed by atoms with Crippen molar-refractivity contribution in [2.24, 2.45) is 0 Å². The predicted molar refractivity (Wildman–Crippen MR) is 132 cm³/mol. The molecule has 2 unspecified atom stereocenters. The molecule has 36 heavy (non-hydrogen) atoms. The molecular weight excluding hydrogens is 488 g/mol. The highest BCUT2D eigenvalue weighted by Gasteiger charge is 2.42. The fourth-order valence-corrected chi connectivity index (χ4v) is 6.47. The van der Waals surface area contributed by atoms with Gasteiger partial charge in [-0.25, -0.2) is 17.3 Å². The maximum Gasteiger partial charge on any atom is 0.266 e. The molecule has 1 aromatic carbocycles. The topological polar surface area (TPSA) is 81.8 Å². The number of amides is 1. The first-order chi connectivity index (χ1) is 17.4. The number of halogens is 2. The number of fused-ring (bicyclic) bond motifs is 1. The smallest absolute Gasteiger partial charge is 0.266 e. The minimum Gasteiger partial charge on any atom is -0.378 e. The van der Waals surface area contributed by atoms with Crippen LogP contribution in [0.25, 0.3) is 22.3 Å². The summed E-state index contributed by atoms with van der Waals surface area (Å²) in [4.78, 5) is 24.7. The van der Waals surface area contributed by atoms with E-state index in [4.69, 9.17) is 4.74 Å². The van der Waals surface area contributed by atoms with Crippen molar-refractivity contribution in [2.75, 3.05) is 50.8 Å². The Hall–Kier alpha value is -2.89. The van der Waals surface area contributed by atoms with Crippen molar-refractivity contribution < 1.29 is 22.5 Å². The zero-order valence-electron chi connectivity index (χ0n) is 19.7. The summed E-state index contributed by atoms with van der Waals surface area (Å²) in [7, 11) is -1.56. The minimum absolute atomic E-state index is 0.0178. The van der Waals surface area contributed by atoms with Crippen LogP contribution in [0.4, 0.5) is 14.5 Å². The molecule has 0 radical (unpaired) electrons. The SMILES string of the molecule is O=C(C1CCN1S(=O)c1ccc(N2CCC(F)(F)C2)c(-c2cc3ncccc3[nH]2)c1)N1CCOCC1. The van der Waals surface area contributed by atoms with E-state index in [2.05, 4.69) is 9.97 Å². The maximum atomic E-state index is 14.1. The average molecular weight is 516 g/mol. The maximum absolute atomic E-state index is 14.1. The largest absolute Gasteiger partial charge is 0.378 e. The highest BCUT2D eigenvalue weighted by molar-refractivity contribution is 7.82. The van der Waals surface area contributed by atoms with E-state index in [1.54, 1.807) is 38.5 Å². The second-order valence-corrected chi connectivity index (χ2v) is 10.9. The fourth-order valence-electron chi connectivity index (χ4n) is 5.10. The van der Waals surface area contributed by atoms with E-state index in [1.807, 2.05) is 18.2 Å². The monoisotopic (exact) mass is 515 g/mol. The standard InChI is InChI=1S/C25H27F2N5O3S/c26-25(27)6-9-31(16-25)22-4-3-17(14-18(22)20-15-21-19(29-20)2-1-7-28-21)36(34)32-8-5-23(32)24(33)30-10-12-35-13-11-30/h1-4,7,14-15,23,29H,5-6,8-13,16H2. The number of carbonyl (C=O) groups is 1. The molecule has 0 saturated carbocycles. The lowest BCUT2D eigenvalue weighted by molar-refractivity contribution is -0.142. The molecule has 3 aliphatic rings. The lowest BCUT2D eigenvalue weighted by atomic mass is 10.1. The summed E-state index contributed by atoms with van der Waals surface area (Å²) in [6.07, 6.45) is 2.15. The van der Waals surface area contributed by atoms with Crippen molar-refractivity contribution in [1.82, 2.24) is 19.2 Å². The van der Waals surface area contributed by atoms with Crippen molar-refractivity contribution in [2.45, 2.75) is 29.7 Å². The van der Waals surface area contributed by atoms with Gasteiger partial charge in [0, 0.05) is 50.0 Å². The fraction of sp³-hybridized carbons (Fsp3) is 0.440. The molecule has 0 spiro atoms. The average Bonchev–Trinajstić information content (AvgIpc) is 3.46. The number of morpholine rings is 1. The van der Waals surface area contributed by atoms with E-state index in [-0.39, 0.29) is 25.4 Å². The number of aromatic nitrogens is 2. The van der Waals surface area contributed by atoms with Crippen LogP contribution in [0, 0.1) is 0 Å². The van der Waals surface area contributed by atoms with Crippen LogP contribution in [0.2, 0.25) is 0 Å². The van der Waals surface area contributed by atoms with E-state index in [9.17, 15) is 17.8 Å². The first kappa shape index (κ1) is 23.5. The summed E-state index contributed by atoms with van der Waals surface area (Å²) < 4.78 is 48.8. The molecule has 3 saturated heterocycles. The number of hydrogen-bond donors (Lipinski definition) is 1. The third kappa shape index (κ3) is 4.29. The Labute approximate surface area is 209 Å². The molecule has 3 aliphatic heterocycles. The zero-order chi connectivity index (χ0) is 24.9. The number of rotatable bonds is 5. The number of nitrogens with zero attached hydrogens (tertiary/aromatic N) is 4. The molecule has 6 rings (SSSR count). The van der Waals surface area contributed by atoms with Crippen LogP contribution < -0.4 is 4.90 Å². The van der Waals surface area contributed by atoms with Gasteiger partial charge in [-0.15, -0.1) is 0 Å². The van der Waals surface area contributed by atoms with Crippen LogP contribution in [0.3, 0.4) is 0 Å². The van der Waals surface area contributed by atoms with E-state index in [0.717, 1.165) is 16.7 Å². The van der Waals surface area contributed by atoms with Crippen molar-refractivity contribution in [3.63, 3.8) is 0 Å². The van der Waals surface area contributed by atoms with Crippen LogP contribution in [-0.2, 0) is 20.5 Å². The Kier molecular flexibility index (Phi) is 6.01. The summed E-state index contributed by atoms with van der Waals surface area (Å²) in [6, 6.07) is 10.5. The van der Waals surface area contributed by atoms with Crippen LogP contribution in [0.15, 0.2) is 47.5 Å². The summed E-state index contributed by atoms with van der Waals surface area (Å²) >= 11 is 0. The molecule has 0 aliphatic carbocycles. The Balaban J connectivity index is 1.32. The van der Waals surface area contributed by atoms with Gasteiger partial charge in [0.2, 0.25) is 5.91 Å². The van der Waals surface area contributed by atoms with Crippen LogP contribution in [0.5, 0.6) is 0 Å². The molecule has 11 heteroatoms. The number of benzene rings is 1. The molecule has 3 aromatic rings. The summed E-state index contributed by atoms with van der Waals surface area (Å²) in [5, 5.41) is 0. The molecule has 3 fully saturated rings. The Morgan fingerprint density at radius 1 is 1.14 bits per heavy atom. The highest BCUT2D eigenvalue weighted by Crippen LogP contribution is 2.39. The van der Waals surface area contributed by atoms with E-state index in [1.165, 1.54) is 0 Å². The number of H-pyrrole nitrogens is 1. The Bertz CT molecular complexity index is 1290. The second-order valence-electron chi connectivity index (χ2n) is 9.46. The number of carbonyl (C=O) groups excluding carboxylic acids is 1. The lowest BCUT2D eigenvalue weighted by Crippen LogP contribution is -2.58. The second kappa shape index (κ2) is 9.20. The first-order valence-corrected chi connectivity index (χ1v) is 13.3. The van der Waals surface area contributed by atoms with E-state index < -0.39 is 22.9 Å². The first-order valence-electron chi connectivity index (χ1n) is 12.2. The van der Waals surface area contributed by atoms with Crippen LogP contribution in [-0.4, -0.2) is 87.2 Å².